The van der Waals surface area contributed by atoms with E-state index in [0.29, 0.717) is 6.54 Å². The zero-order chi connectivity index (χ0) is 25.0. The van der Waals surface area contributed by atoms with Gasteiger partial charge < -0.3 is 20.0 Å². The van der Waals surface area contributed by atoms with E-state index in [0.717, 1.165) is 91.9 Å². The zero-order valence-corrected chi connectivity index (χ0v) is 22.2. The van der Waals surface area contributed by atoms with Gasteiger partial charge in [-0.15, -0.1) is 0 Å². The quantitative estimate of drug-likeness (QED) is 0.677. The molecule has 7 nitrogen and oxygen atoms in total. The Morgan fingerprint density at radius 1 is 0.946 bits per heavy atom. The maximum atomic E-state index is 13.7. The predicted octanol–water partition coefficient (Wildman–Crippen LogP) is 4.32. The number of fused-ring (bicyclic) bond motifs is 1. The SMILES string of the molecule is CCN1CCN(c2nc(-c3ccccc3)nc3c2CN(C(=O)NC24CC5CC(CC(C5)C2)C4)CC3)CC1. The van der Waals surface area contributed by atoms with Crippen LogP contribution in [-0.4, -0.2) is 70.6 Å². The maximum absolute atomic E-state index is 13.7. The molecule has 0 spiro atoms. The Kier molecular flexibility index (Phi) is 5.87. The van der Waals surface area contributed by atoms with Gasteiger partial charge >= 0.3 is 6.03 Å². The van der Waals surface area contributed by atoms with Gasteiger partial charge in [0, 0.05) is 55.8 Å². The largest absolute Gasteiger partial charge is 0.354 e. The van der Waals surface area contributed by atoms with Crippen LogP contribution in [0.2, 0.25) is 0 Å². The Morgan fingerprint density at radius 2 is 1.62 bits per heavy atom. The topological polar surface area (TPSA) is 64.6 Å². The lowest BCUT2D eigenvalue weighted by molar-refractivity contribution is -0.0159. The van der Waals surface area contributed by atoms with E-state index in [-0.39, 0.29) is 11.6 Å². The van der Waals surface area contributed by atoms with Gasteiger partial charge in [0.05, 0.1) is 12.2 Å². The van der Waals surface area contributed by atoms with Gasteiger partial charge in [-0.25, -0.2) is 14.8 Å². The summed E-state index contributed by atoms with van der Waals surface area (Å²) in [6.07, 6.45) is 8.52. The van der Waals surface area contributed by atoms with Crippen LogP contribution in [0.15, 0.2) is 30.3 Å². The number of carbonyl (C=O) groups is 1. The molecular weight excluding hydrogens is 460 g/mol. The molecule has 0 unspecified atom stereocenters. The molecule has 6 aliphatic rings. The van der Waals surface area contributed by atoms with Crippen molar-refractivity contribution >= 4 is 11.8 Å². The van der Waals surface area contributed by atoms with Gasteiger partial charge in [0.1, 0.15) is 5.82 Å². The van der Waals surface area contributed by atoms with Crippen molar-refractivity contribution in [3.05, 3.63) is 41.6 Å². The summed E-state index contributed by atoms with van der Waals surface area (Å²) < 4.78 is 0. The van der Waals surface area contributed by atoms with Crippen LogP contribution in [0.4, 0.5) is 10.6 Å². The van der Waals surface area contributed by atoms with Crippen LogP contribution in [0.3, 0.4) is 0 Å². The van der Waals surface area contributed by atoms with Crippen LogP contribution in [0.5, 0.6) is 0 Å². The van der Waals surface area contributed by atoms with Crippen LogP contribution in [0.1, 0.15) is 56.7 Å². The highest BCUT2D eigenvalue weighted by molar-refractivity contribution is 5.76. The monoisotopic (exact) mass is 500 g/mol. The molecule has 37 heavy (non-hydrogen) atoms. The first-order chi connectivity index (χ1) is 18.1. The van der Waals surface area contributed by atoms with Crippen molar-refractivity contribution in [2.24, 2.45) is 17.8 Å². The fourth-order valence-corrected chi connectivity index (χ4v) is 8.39. The Hall–Kier alpha value is -2.67. The van der Waals surface area contributed by atoms with Crippen molar-refractivity contribution in [1.82, 2.24) is 25.1 Å². The first-order valence-corrected chi connectivity index (χ1v) is 14.6. The number of benzene rings is 1. The Labute approximate surface area is 220 Å². The normalized spacial score (nSPS) is 30.9. The second-order valence-corrected chi connectivity index (χ2v) is 12.4. The first kappa shape index (κ1) is 23.4. The van der Waals surface area contributed by atoms with E-state index in [4.69, 9.17) is 9.97 Å². The van der Waals surface area contributed by atoms with Crippen LogP contribution in [0.25, 0.3) is 11.4 Å². The molecule has 1 saturated heterocycles. The molecule has 1 N–H and O–H groups in total. The summed E-state index contributed by atoms with van der Waals surface area (Å²) in [5.74, 6) is 4.32. The molecule has 4 aliphatic carbocycles. The summed E-state index contributed by atoms with van der Waals surface area (Å²) in [6, 6.07) is 10.4. The molecule has 0 atom stereocenters. The van der Waals surface area contributed by atoms with Gasteiger partial charge in [0.15, 0.2) is 5.82 Å². The molecule has 4 saturated carbocycles. The average molecular weight is 501 g/mol. The fourth-order valence-electron chi connectivity index (χ4n) is 8.39. The number of piperazine rings is 1. The molecule has 2 aromatic rings. The molecule has 2 amide bonds. The lowest BCUT2D eigenvalue weighted by Crippen LogP contribution is -2.62. The van der Waals surface area contributed by atoms with Crippen molar-refractivity contribution in [3.8, 4) is 11.4 Å². The summed E-state index contributed by atoms with van der Waals surface area (Å²) in [7, 11) is 0. The van der Waals surface area contributed by atoms with Gasteiger partial charge in [-0.2, -0.15) is 0 Å². The Morgan fingerprint density at radius 3 is 2.27 bits per heavy atom. The van der Waals surface area contributed by atoms with Crippen molar-refractivity contribution < 1.29 is 4.79 Å². The summed E-state index contributed by atoms with van der Waals surface area (Å²) in [5, 5.41) is 3.60. The standard InChI is InChI=1S/C30H40N6O/c1-2-34-10-12-35(13-11-34)28-25-20-36(9-8-26(25)31-27(32-28)24-6-4-3-5-7-24)29(37)33-30-17-21-14-22(18-30)16-23(15-21)19-30/h3-7,21-23H,2,8-20H2,1H3,(H,33,37). The van der Waals surface area contributed by atoms with E-state index in [2.05, 4.69) is 34.2 Å². The molecule has 1 aromatic heterocycles. The van der Waals surface area contributed by atoms with E-state index in [9.17, 15) is 4.79 Å². The summed E-state index contributed by atoms with van der Waals surface area (Å²) >= 11 is 0. The van der Waals surface area contributed by atoms with Gasteiger partial charge in [-0.05, 0) is 62.8 Å². The molecule has 3 heterocycles. The predicted molar refractivity (Wildman–Crippen MR) is 145 cm³/mol. The molecule has 4 bridgehead atoms. The third-order valence-corrected chi connectivity index (χ3v) is 9.89. The molecular formula is C30H40N6O. The fraction of sp³-hybridized carbons (Fsp3) is 0.633. The number of likely N-dealkylation sites (N-methyl/N-ethyl adjacent to an activating group) is 1. The highest BCUT2D eigenvalue weighted by Crippen LogP contribution is 2.55. The minimum Gasteiger partial charge on any atom is -0.354 e. The third kappa shape index (κ3) is 4.39. The van der Waals surface area contributed by atoms with E-state index in [1.54, 1.807) is 0 Å². The number of carbonyl (C=O) groups excluding carboxylic acids is 1. The van der Waals surface area contributed by atoms with E-state index >= 15 is 0 Å². The third-order valence-electron chi connectivity index (χ3n) is 9.89. The Bertz CT molecular complexity index is 1120. The number of anilines is 1. The smallest absolute Gasteiger partial charge is 0.318 e. The maximum Gasteiger partial charge on any atom is 0.318 e. The highest BCUT2D eigenvalue weighted by atomic mass is 16.2. The number of rotatable bonds is 4. The second-order valence-electron chi connectivity index (χ2n) is 12.4. The lowest BCUT2D eigenvalue weighted by atomic mass is 9.53. The molecule has 8 rings (SSSR count). The zero-order valence-electron chi connectivity index (χ0n) is 22.2. The number of nitrogens with one attached hydrogen (secondary N) is 1. The number of amides is 2. The first-order valence-electron chi connectivity index (χ1n) is 14.6. The van der Waals surface area contributed by atoms with Gasteiger partial charge in [-0.3, -0.25) is 0 Å². The highest BCUT2D eigenvalue weighted by Gasteiger charge is 2.52. The molecule has 2 aliphatic heterocycles. The number of urea groups is 1. The van der Waals surface area contributed by atoms with Crippen LogP contribution < -0.4 is 10.2 Å². The minimum absolute atomic E-state index is 0.0408. The van der Waals surface area contributed by atoms with Crippen molar-refractivity contribution in [1.29, 1.82) is 0 Å². The van der Waals surface area contributed by atoms with Crippen LogP contribution in [0, 0.1) is 17.8 Å². The number of nitrogens with zero attached hydrogens (tertiary/aromatic N) is 5. The molecule has 196 valence electrons. The molecule has 1 aromatic carbocycles. The summed E-state index contributed by atoms with van der Waals surface area (Å²) in [5.41, 5.74) is 3.36. The Balaban J connectivity index is 1.15. The minimum atomic E-state index is 0.0408. The number of aromatic nitrogens is 2. The van der Waals surface area contributed by atoms with Crippen molar-refractivity contribution in [2.45, 2.75) is 64.0 Å². The second kappa shape index (κ2) is 9.26. The molecule has 5 fully saturated rings. The van der Waals surface area contributed by atoms with Gasteiger partial charge in [-0.1, -0.05) is 37.3 Å². The van der Waals surface area contributed by atoms with E-state index in [1.165, 1.54) is 38.5 Å². The lowest BCUT2D eigenvalue weighted by Gasteiger charge is -2.57. The van der Waals surface area contributed by atoms with Crippen molar-refractivity contribution in [3.63, 3.8) is 0 Å². The van der Waals surface area contributed by atoms with Gasteiger partial charge in [0.25, 0.3) is 0 Å². The molecule has 0 radical (unpaired) electrons. The number of hydrogen-bond acceptors (Lipinski definition) is 5. The summed E-state index contributed by atoms with van der Waals surface area (Å²) in [4.78, 5) is 30.8. The van der Waals surface area contributed by atoms with Crippen LogP contribution in [-0.2, 0) is 13.0 Å². The van der Waals surface area contributed by atoms with Gasteiger partial charge in [0.2, 0.25) is 0 Å². The molecule has 7 heteroatoms. The average Bonchev–Trinajstić information content (AvgIpc) is 2.91. The van der Waals surface area contributed by atoms with Crippen LogP contribution >= 0.6 is 0 Å². The van der Waals surface area contributed by atoms with E-state index < -0.39 is 0 Å². The number of hydrogen-bond donors (Lipinski definition) is 1. The van der Waals surface area contributed by atoms with E-state index in [1.807, 2.05) is 23.1 Å². The summed E-state index contributed by atoms with van der Waals surface area (Å²) in [6.45, 7) is 8.67. The van der Waals surface area contributed by atoms with Crippen molar-refractivity contribution in [2.75, 3.05) is 44.2 Å².